The molecule has 2 aliphatic rings. The normalized spacial score (nSPS) is 18.9. The third-order valence-corrected chi connectivity index (χ3v) is 3.94. The van der Waals surface area contributed by atoms with Crippen LogP contribution in [-0.4, -0.2) is 47.9 Å². The van der Waals surface area contributed by atoms with Crippen molar-refractivity contribution >= 4 is 41.5 Å². The van der Waals surface area contributed by atoms with Gasteiger partial charge in [-0.2, -0.15) is 4.99 Å². The summed E-state index contributed by atoms with van der Waals surface area (Å²) in [4.78, 5) is 44.9. The second-order valence-corrected chi connectivity index (χ2v) is 5.68. The van der Waals surface area contributed by atoms with Gasteiger partial charge in [-0.3, -0.25) is 14.5 Å². The Hall–Kier alpha value is -2.87. The summed E-state index contributed by atoms with van der Waals surface area (Å²) in [5.41, 5.74) is 0.174. The Morgan fingerprint density at radius 3 is 2.92 bits per heavy atom. The summed E-state index contributed by atoms with van der Waals surface area (Å²) in [6.07, 6.45) is 4.67. The van der Waals surface area contributed by atoms with Crippen molar-refractivity contribution in [2.24, 2.45) is 15.9 Å². The molecule has 0 saturated carbocycles. The van der Waals surface area contributed by atoms with Gasteiger partial charge in [-0.15, -0.1) is 0 Å². The summed E-state index contributed by atoms with van der Waals surface area (Å²) >= 11 is 5.63. The molecule has 1 aromatic rings. The molecule has 2 heterocycles. The molecule has 2 aliphatic heterocycles. The minimum absolute atomic E-state index is 0.0237. The highest BCUT2D eigenvalue weighted by Gasteiger charge is 2.36. The highest BCUT2D eigenvalue weighted by molar-refractivity contribution is 6.31. The molecule has 0 aliphatic carbocycles. The molecule has 128 valence electrons. The van der Waals surface area contributed by atoms with Crippen LogP contribution in [0.3, 0.4) is 0 Å². The Bertz CT molecular complexity index is 850. The van der Waals surface area contributed by atoms with Gasteiger partial charge in [-0.05, 0) is 24.3 Å². The van der Waals surface area contributed by atoms with Crippen molar-refractivity contribution in [2.45, 2.75) is 0 Å². The molecule has 1 atom stereocenters. The number of benzene rings is 1. The topological polar surface area (TPSA) is 91.2 Å². The van der Waals surface area contributed by atoms with Crippen molar-refractivity contribution in [3.05, 3.63) is 46.8 Å². The van der Waals surface area contributed by atoms with Crippen LogP contribution >= 0.6 is 11.6 Å². The molecule has 0 spiro atoms. The number of halogens is 2. The molecule has 0 saturated heterocycles. The average molecular weight is 363 g/mol. The molecule has 1 unspecified atom stereocenters. The van der Waals surface area contributed by atoms with Crippen LogP contribution in [0.2, 0.25) is 5.02 Å². The number of nitrogens with zero attached hydrogens (tertiary/aromatic N) is 3. The maximum Gasteiger partial charge on any atom is 0.352 e. The lowest BCUT2D eigenvalue weighted by Gasteiger charge is -2.27. The van der Waals surface area contributed by atoms with Crippen molar-refractivity contribution in [3.63, 3.8) is 0 Å². The lowest BCUT2D eigenvalue weighted by molar-refractivity contribution is -0.129. The van der Waals surface area contributed by atoms with E-state index in [0.29, 0.717) is 0 Å². The minimum Gasteiger partial charge on any atom is -0.350 e. The molecule has 1 N–H and O–H groups in total. The summed E-state index contributed by atoms with van der Waals surface area (Å²) in [6.45, 7) is -0.0148. The maximum atomic E-state index is 13.1. The number of rotatable bonds is 4. The summed E-state index contributed by atoms with van der Waals surface area (Å²) in [6, 6.07) is 2.85. The number of fused-ring (bicyclic) bond motifs is 1. The molecule has 0 fully saturated rings. The van der Waals surface area contributed by atoms with Gasteiger partial charge in [0.1, 0.15) is 17.6 Å². The average Bonchev–Trinajstić information content (AvgIpc) is 2.60. The minimum atomic E-state index is -0.720. The second-order valence-electron chi connectivity index (χ2n) is 5.27. The van der Waals surface area contributed by atoms with Crippen LogP contribution in [0, 0.1) is 11.7 Å². The number of amidine groups is 1. The first-order valence-electron chi connectivity index (χ1n) is 7.35. The maximum absolute atomic E-state index is 13.1. The number of nitrogens with one attached hydrogen (secondary N) is 1. The van der Waals surface area contributed by atoms with Gasteiger partial charge in [0.25, 0.3) is 5.91 Å². The van der Waals surface area contributed by atoms with E-state index in [0.717, 1.165) is 11.0 Å². The molecule has 7 nitrogen and oxygen atoms in total. The number of urea groups is 1. The van der Waals surface area contributed by atoms with Crippen molar-refractivity contribution in [3.8, 4) is 0 Å². The van der Waals surface area contributed by atoms with Crippen molar-refractivity contribution in [1.29, 1.82) is 0 Å². The van der Waals surface area contributed by atoms with E-state index < -0.39 is 29.6 Å². The Morgan fingerprint density at radius 2 is 2.16 bits per heavy atom. The smallest absolute Gasteiger partial charge is 0.350 e. The standard InChI is InChI=1S/C16H12ClFN4O3/c17-11-8-9(3-4-12(11)18)14(23)20-6-7-22-15(24)10-2-1-5-19-13(10)21-16(22)25/h1-5,8,10H,6-7H2,(H,20,23). The summed E-state index contributed by atoms with van der Waals surface area (Å²) in [5, 5.41) is 2.38. The number of amides is 4. The third kappa shape index (κ3) is 3.48. The van der Waals surface area contributed by atoms with E-state index in [1.165, 1.54) is 18.3 Å². The van der Waals surface area contributed by atoms with Crippen LogP contribution in [0.1, 0.15) is 10.4 Å². The monoisotopic (exact) mass is 362 g/mol. The Kier molecular flexibility index (Phi) is 4.71. The molecule has 9 heteroatoms. The summed E-state index contributed by atoms with van der Waals surface area (Å²) in [7, 11) is 0. The van der Waals surface area contributed by atoms with Crippen LogP contribution in [0.5, 0.6) is 0 Å². The van der Waals surface area contributed by atoms with Gasteiger partial charge in [0, 0.05) is 24.9 Å². The predicted molar refractivity (Wildman–Crippen MR) is 89.4 cm³/mol. The van der Waals surface area contributed by atoms with Gasteiger partial charge in [-0.1, -0.05) is 17.7 Å². The number of allylic oxidation sites excluding steroid dienone is 1. The first-order valence-corrected chi connectivity index (χ1v) is 7.73. The van der Waals surface area contributed by atoms with E-state index in [9.17, 15) is 18.8 Å². The first kappa shape index (κ1) is 17.0. The van der Waals surface area contributed by atoms with Gasteiger partial charge in [0.05, 0.1) is 5.02 Å². The highest BCUT2D eigenvalue weighted by atomic mass is 35.5. The zero-order chi connectivity index (χ0) is 18.0. The van der Waals surface area contributed by atoms with Gasteiger partial charge >= 0.3 is 6.03 Å². The molecule has 1 aromatic carbocycles. The molecule has 3 rings (SSSR count). The lowest BCUT2D eigenvalue weighted by Crippen LogP contribution is -2.48. The molecule has 0 aromatic heterocycles. The van der Waals surface area contributed by atoms with E-state index >= 15 is 0 Å². The van der Waals surface area contributed by atoms with Crippen molar-refractivity contribution < 1.29 is 18.8 Å². The Balaban J connectivity index is 1.61. The molecular formula is C16H12ClFN4O3. The quantitative estimate of drug-likeness (QED) is 0.885. The van der Waals surface area contributed by atoms with E-state index in [-0.39, 0.29) is 29.5 Å². The van der Waals surface area contributed by atoms with Gasteiger partial charge in [0.2, 0.25) is 5.91 Å². The summed E-state index contributed by atoms with van der Waals surface area (Å²) < 4.78 is 13.1. The van der Waals surface area contributed by atoms with E-state index in [4.69, 9.17) is 11.6 Å². The van der Waals surface area contributed by atoms with E-state index in [1.807, 2.05) is 0 Å². The molecule has 0 radical (unpaired) electrons. The number of dihydropyridines is 1. The number of hydrogen-bond acceptors (Lipinski definition) is 4. The predicted octanol–water partition coefficient (Wildman–Crippen LogP) is 1.83. The number of carbonyl (C=O) groups excluding carboxylic acids is 3. The third-order valence-electron chi connectivity index (χ3n) is 3.65. The Labute approximate surface area is 146 Å². The SMILES string of the molecule is O=C(NCCN1C(=O)N=C2N=CC=CC2C1=O)c1ccc(F)c(Cl)c1. The van der Waals surface area contributed by atoms with Gasteiger partial charge in [0.15, 0.2) is 0 Å². The fourth-order valence-electron chi connectivity index (χ4n) is 2.38. The number of carbonyl (C=O) groups is 3. The first-order chi connectivity index (χ1) is 12.0. The fourth-order valence-corrected chi connectivity index (χ4v) is 2.57. The van der Waals surface area contributed by atoms with Crippen LogP contribution < -0.4 is 5.32 Å². The fraction of sp³-hybridized carbons (Fsp3) is 0.188. The Morgan fingerprint density at radius 1 is 1.36 bits per heavy atom. The van der Waals surface area contributed by atoms with Crippen molar-refractivity contribution in [2.75, 3.05) is 13.1 Å². The lowest BCUT2D eigenvalue weighted by atomic mass is 10.0. The summed E-state index contributed by atoms with van der Waals surface area (Å²) in [5.74, 6) is -2.08. The van der Waals surface area contributed by atoms with Crippen LogP contribution in [0.15, 0.2) is 40.3 Å². The molecular weight excluding hydrogens is 351 g/mol. The molecule has 0 bridgehead atoms. The highest BCUT2D eigenvalue weighted by Crippen LogP contribution is 2.18. The largest absolute Gasteiger partial charge is 0.352 e. The van der Waals surface area contributed by atoms with Gasteiger partial charge < -0.3 is 5.32 Å². The second kappa shape index (κ2) is 6.94. The van der Waals surface area contributed by atoms with E-state index in [1.54, 1.807) is 12.2 Å². The number of hydrogen-bond donors (Lipinski definition) is 1. The van der Waals surface area contributed by atoms with E-state index in [2.05, 4.69) is 15.3 Å². The number of imide groups is 1. The molecule has 4 amide bonds. The zero-order valence-electron chi connectivity index (χ0n) is 12.8. The van der Waals surface area contributed by atoms with Gasteiger partial charge in [-0.25, -0.2) is 14.2 Å². The van der Waals surface area contributed by atoms with Crippen molar-refractivity contribution in [1.82, 2.24) is 10.2 Å². The number of aliphatic imine (C=N–C) groups is 2. The van der Waals surface area contributed by atoms with Crippen LogP contribution in [0.4, 0.5) is 9.18 Å². The zero-order valence-corrected chi connectivity index (χ0v) is 13.5. The van der Waals surface area contributed by atoms with Crippen LogP contribution in [-0.2, 0) is 4.79 Å². The molecule has 25 heavy (non-hydrogen) atoms. The van der Waals surface area contributed by atoms with Crippen LogP contribution in [0.25, 0.3) is 0 Å².